The zero-order valence-electron chi connectivity index (χ0n) is 24.4. The second kappa shape index (κ2) is 12.2. The van der Waals surface area contributed by atoms with Crippen LogP contribution < -0.4 is 25.4 Å². The monoisotopic (exact) mass is 581 g/mol. The van der Waals surface area contributed by atoms with Crippen LogP contribution in [0.5, 0.6) is 11.5 Å². The van der Waals surface area contributed by atoms with Gasteiger partial charge in [0.05, 0.1) is 5.56 Å². The number of fused-ring (bicyclic) bond motifs is 2. The van der Waals surface area contributed by atoms with Gasteiger partial charge >= 0.3 is 0 Å². The van der Waals surface area contributed by atoms with Crippen LogP contribution in [0.25, 0.3) is 10.8 Å². The van der Waals surface area contributed by atoms with Crippen molar-refractivity contribution in [2.45, 2.75) is 20.4 Å². The van der Waals surface area contributed by atoms with Gasteiger partial charge in [-0.3, -0.25) is 24.7 Å². The summed E-state index contributed by atoms with van der Waals surface area (Å²) in [5.74, 6) is 0.915. The SMILES string of the molecule is CCN(CC)c1ccc(C(=O)Nn2cc(C(=O)N3CCN(Cc4ccc5c(c4)OCO5)CC3)c3ccccc3c2=O)cc1. The molecule has 6 rings (SSSR count). The number of pyridine rings is 1. The van der Waals surface area contributed by atoms with Crippen LogP contribution in [0.2, 0.25) is 0 Å². The van der Waals surface area contributed by atoms with Crippen LogP contribution >= 0.6 is 0 Å². The Labute approximate surface area is 250 Å². The van der Waals surface area contributed by atoms with Crippen LogP contribution in [0.1, 0.15) is 40.1 Å². The first-order valence-electron chi connectivity index (χ1n) is 14.7. The molecule has 2 aliphatic rings. The normalized spacial score (nSPS) is 14.6. The van der Waals surface area contributed by atoms with Gasteiger partial charge in [-0.25, -0.2) is 4.68 Å². The van der Waals surface area contributed by atoms with Crippen molar-refractivity contribution in [2.75, 3.05) is 56.4 Å². The number of rotatable bonds is 8. The van der Waals surface area contributed by atoms with Crippen molar-refractivity contribution in [3.8, 4) is 11.5 Å². The molecule has 0 saturated carbocycles. The fraction of sp³-hybridized carbons (Fsp3) is 0.303. The lowest BCUT2D eigenvalue weighted by molar-refractivity contribution is 0.0629. The Morgan fingerprint density at radius 2 is 1.56 bits per heavy atom. The number of piperazine rings is 1. The van der Waals surface area contributed by atoms with Gasteiger partial charge in [0, 0.05) is 74.0 Å². The van der Waals surface area contributed by atoms with Crippen LogP contribution in [0.15, 0.2) is 77.7 Å². The number of hydrogen-bond acceptors (Lipinski definition) is 7. The minimum atomic E-state index is -0.431. The predicted molar refractivity (Wildman–Crippen MR) is 166 cm³/mol. The molecule has 2 aliphatic heterocycles. The van der Waals surface area contributed by atoms with Crippen LogP contribution in [0.4, 0.5) is 5.69 Å². The summed E-state index contributed by atoms with van der Waals surface area (Å²) >= 11 is 0. The zero-order valence-corrected chi connectivity index (χ0v) is 24.4. The summed E-state index contributed by atoms with van der Waals surface area (Å²) in [5, 5.41) is 0.932. The van der Waals surface area contributed by atoms with E-state index in [0.717, 1.165) is 47.1 Å². The summed E-state index contributed by atoms with van der Waals surface area (Å²) in [6.45, 7) is 9.37. The summed E-state index contributed by atoms with van der Waals surface area (Å²) < 4.78 is 12.0. The molecule has 1 saturated heterocycles. The predicted octanol–water partition coefficient (Wildman–Crippen LogP) is 3.92. The van der Waals surface area contributed by atoms with Gasteiger partial charge in [0.1, 0.15) is 0 Å². The smallest absolute Gasteiger partial charge is 0.277 e. The van der Waals surface area contributed by atoms with Crippen molar-refractivity contribution in [1.29, 1.82) is 0 Å². The molecule has 0 spiro atoms. The highest BCUT2D eigenvalue weighted by molar-refractivity contribution is 6.07. The average Bonchev–Trinajstić information content (AvgIpc) is 3.51. The first-order valence-corrected chi connectivity index (χ1v) is 14.7. The fourth-order valence-electron chi connectivity index (χ4n) is 5.71. The molecule has 222 valence electrons. The summed E-state index contributed by atoms with van der Waals surface area (Å²) in [7, 11) is 0. The molecule has 1 N–H and O–H groups in total. The lowest BCUT2D eigenvalue weighted by atomic mass is 10.1. The third-order valence-corrected chi connectivity index (χ3v) is 8.14. The largest absolute Gasteiger partial charge is 0.454 e. The lowest BCUT2D eigenvalue weighted by Crippen LogP contribution is -2.48. The van der Waals surface area contributed by atoms with E-state index in [1.165, 1.54) is 6.20 Å². The van der Waals surface area contributed by atoms with E-state index in [0.29, 0.717) is 48.1 Å². The molecule has 0 aliphatic carbocycles. The van der Waals surface area contributed by atoms with E-state index < -0.39 is 11.5 Å². The van der Waals surface area contributed by atoms with Crippen LogP contribution in [0.3, 0.4) is 0 Å². The number of carbonyl (C=O) groups is 2. The molecular formula is C33H35N5O5. The number of anilines is 1. The van der Waals surface area contributed by atoms with Gasteiger partial charge in [-0.1, -0.05) is 24.3 Å². The Balaban J connectivity index is 1.18. The van der Waals surface area contributed by atoms with E-state index in [-0.39, 0.29) is 12.7 Å². The Morgan fingerprint density at radius 3 is 2.28 bits per heavy atom. The molecule has 2 amide bonds. The van der Waals surface area contributed by atoms with E-state index in [2.05, 4.69) is 29.1 Å². The van der Waals surface area contributed by atoms with Gasteiger partial charge in [-0.05, 0) is 61.9 Å². The summed E-state index contributed by atoms with van der Waals surface area (Å²) in [4.78, 5) is 46.6. The van der Waals surface area contributed by atoms with Gasteiger partial charge in [0.25, 0.3) is 17.4 Å². The lowest BCUT2D eigenvalue weighted by Gasteiger charge is -2.35. The van der Waals surface area contributed by atoms with Gasteiger partial charge < -0.3 is 19.3 Å². The van der Waals surface area contributed by atoms with E-state index >= 15 is 0 Å². The maximum Gasteiger partial charge on any atom is 0.277 e. The number of benzene rings is 3. The number of aromatic nitrogens is 1. The van der Waals surface area contributed by atoms with Crippen molar-refractivity contribution in [2.24, 2.45) is 0 Å². The molecule has 3 aromatic carbocycles. The fourth-order valence-corrected chi connectivity index (χ4v) is 5.71. The highest BCUT2D eigenvalue weighted by Crippen LogP contribution is 2.33. The number of nitrogens with zero attached hydrogens (tertiary/aromatic N) is 4. The Hall–Kier alpha value is -4.83. The molecule has 1 aromatic heterocycles. The summed E-state index contributed by atoms with van der Waals surface area (Å²) in [6.07, 6.45) is 1.45. The highest BCUT2D eigenvalue weighted by Gasteiger charge is 2.25. The van der Waals surface area contributed by atoms with Crippen molar-refractivity contribution in [1.82, 2.24) is 14.5 Å². The maximum atomic E-state index is 13.8. The van der Waals surface area contributed by atoms with Crippen molar-refractivity contribution in [3.05, 3.63) is 100.0 Å². The molecule has 4 aromatic rings. The van der Waals surface area contributed by atoms with Gasteiger partial charge in [0.2, 0.25) is 6.79 Å². The Bertz CT molecular complexity index is 1710. The summed E-state index contributed by atoms with van der Waals surface area (Å²) in [5.41, 5.74) is 5.24. The molecule has 0 bridgehead atoms. The molecule has 0 unspecified atom stereocenters. The van der Waals surface area contributed by atoms with E-state index in [1.807, 2.05) is 36.4 Å². The molecule has 43 heavy (non-hydrogen) atoms. The number of carbonyl (C=O) groups excluding carboxylic acids is 2. The van der Waals surface area contributed by atoms with E-state index in [9.17, 15) is 14.4 Å². The van der Waals surface area contributed by atoms with Crippen LogP contribution in [-0.4, -0.2) is 72.4 Å². The number of ether oxygens (including phenoxy) is 2. The Kier molecular flexibility index (Phi) is 8.02. The summed E-state index contributed by atoms with van der Waals surface area (Å²) in [6, 6.07) is 20.3. The second-order valence-corrected chi connectivity index (χ2v) is 10.7. The number of amides is 2. The molecule has 3 heterocycles. The van der Waals surface area contributed by atoms with E-state index in [1.54, 1.807) is 35.2 Å². The molecule has 1 fully saturated rings. The number of nitrogens with one attached hydrogen (secondary N) is 1. The minimum absolute atomic E-state index is 0.175. The minimum Gasteiger partial charge on any atom is -0.454 e. The third-order valence-electron chi connectivity index (χ3n) is 8.14. The standard InChI is InChI=1S/C33H35N5O5/c1-3-36(4-2)25-12-10-24(11-13-25)31(39)34-38-21-28(26-7-5-6-8-27(26)33(38)41)32(40)37-17-15-35(16-18-37)20-23-9-14-29-30(19-23)43-22-42-29/h5-14,19,21H,3-4,15-18,20,22H2,1-2H3,(H,34,39). The third kappa shape index (κ3) is 5.78. The molecule has 10 nitrogen and oxygen atoms in total. The molecule has 0 atom stereocenters. The zero-order chi connectivity index (χ0) is 29.9. The van der Waals surface area contributed by atoms with E-state index in [4.69, 9.17) is 9.47 Å². The molecule has 10 heteroatoms. The molecule has 0 radical (unpaired) electrons. The van der Waals surface area contributed by atoms with Gasteiger partial charge in [0.15, 0.2) is 11.5 Å². The second-order valence-electron chi connectivity index (χ2n) is 10.7. The average molecular weight is 582 g/mol. The van der Waals surface area contributed by atoms with Crippen LogP contribution in [-0.2, 0) is 6.54 Å². The van der Waals surface area contributed by atoms with Crippen molar-refractivity contribution < 1.29 is 19.1 Å². The maximum absolute atomic E-state index is 13.8. The van der Waals surface area contributed by atoms with Gasteiger partial charge in [-0.15, -0.1) is 0 Å². The van der Waals surface area contributed by atoms with Crippen molar-refractivity contribution in [3.63, 3.8) is 0 Å². The van der Waals surface area contributed by atoms with Crippen molar-refractivity contribution >= 4 is 28.3 Å². The topological polar surface area (TPSA) is 96.4 Å². The first kappa shape index (κ1) is 28.3. The first-order chi connectivity index (χ1) is 20.9. The molecular weight excluding hydrogens is 546 g/mol. The van der Waals surface area contributed by atoms with Crippen LogP contribution in [0, 0.1) is 0 Å². The number of hydrogen-bond donors (Lipinski definition) is 1. The quantitative estimate of drug-likeness (QED) is 0.337. The highest BCUT2D eigenvalue weighted by atomic mass is 16.7. The Morgan fingerprint density at radius 1 is 0.860 bits per heavy atom. The van der Waals surface area contributed by atoms with Gasteiger partial charge in [-0.2, -0.15) is 0 Å².